The van der Waals surface area contributed by atoms with Crippen molar-refractivity contribution in [1.82, 2.24) is 10.2 Å². The molecule has 0 bridgehead atoms. The third kappa shape index (κ3) is 2.59. The Balaban J connectivity index is 2.17. The van der Waals surface area contributed by atoms with Gasteiger partial charge < -0.3 is 16.2 Å². The van der Waals surface area contributed by atoms with Gasteiger partial charge in [0.2, 0.25) is 5.91 Å². The molecule has 2 fully saturated rings. The molecular weight excluding hydrogens is 246 g/mol. The van der Waals surface area contributed by atoms with E-state index in [0.29, 0.717) is 19.6 Å². The van der Waals surface area contributed by atoms with E-state index in [9.17, 15) is 18.3 Å². The molecule has 8 heteroatoms. The maximum Gasteiger partial charge on any atom is 0.236 e. The fourth-order valence-corrected chi connectivity index (χ4v) is 4.32. The van der Waals surface area contributed by atoms with Crippen LogP contribution in [0.2, 0.25) is 0 Å². The number of primary amides is 1. The summed E-state index contributed by atoms with van der Waals surface area (Å²) in [4.78, 5) is 13.0. The SMILES string of the molecule is NC(=O)C1CNCCN1C1CS(=O)(=O)CC1O. The topological polar surface area (TPSA) is 113 Å². The molecule has 0 aromatic heterocycles. The molecule has 0 radical (unpaired) electrons. The molecule has 4 N–H and O–H groups in total. The Bertz CT molecular complexity index is 410. The number of nitrogens with two attached hydrogens (primary N) is 1. The van der Waals surface area contributed by atoms with Gasteiger partial charge in [0, 0.05) is 19.6 Å². The van der Waals surface area contributed by atoms with E-state index in [1.807, 2.05) is 0 Å². The molecule has 0 aliphatic carbocycles. The van der Waals surface area contributed by atoms with Crippen molar-refractivity contribution >= 4 is 15.7 Å². The lowest BCUT2D eigenvalue weighted by atomic mass is 10.1. The van der Waals surface area contributed by atoms with Crippen molar-refractivity contribution in [2.24, 2.45) is 5.73 Å². The Hall–Kier alpha value is -0.700. The van der Waals surface area contributed by atoms with Crippen LogP contribution in [0.1, 0.15) is 0 Å². The minimum atomic E-state index is -3.21. The van der Waals surface area contributed by atoms with Crippen molar-refractivity contribution in [2.45, 2.75) is 18.2 Å². The first kappa shape index (κ1) is 12.7. The zero-order valence-electron chi connectivity index (χ0n) is 9.37. The Morgan fingerprint density at radius 3 is 2.65 bits per heavy atom. The number of aliphatic hydroxyl groups is 1. The standard InChI is InChI=1S/C9H17N3O4S/c10-9(14)6-3-11-1-2-12(6)7-4-17(15,16)5-8(7)13/h6-8,11,13H,1-5H2,(H2,10,14). The van der Waals surface area contributed by atoms with Gasteiger partial charge in [-0.3, -0.25) is 9.69 Å². The molecule has 2 heterocycles. The Labute approximate surface area is 99.9 Å². The Kier molecular flexibility index (Phi) is 3.39. The van der Waals surface area contributed by atoms with Gasteiger partial charge in [-0.15, -0.1) is 0 Å². The van der Waals surface area contributed by atoms with E-state index in [0.717, 1.165) is 0 Å². The summed E-state index contributed by atoms with van der Waals surface area (Å²) in [6, 6.07) is -1.06. The fraction of sp³-hybridized carbons (Fsp3) is 0.889. The molecule has 3 unspecified atom stereocenters. The molecule has 2 rings (SSSR count). The number of rotatable bonds is 2. The predicted octanol–water partition coefficient (Wildman–Crippen LogP) is -3.10. The number of sulfone groups is 1. The van der Waals surface area contributed by atoms with Crippen LogP contribution < -0.4 is 11.1 Å². The van der Waals surface area contributed by atoms with E-state index in [2.05, 4.69) is 5.32 Å². The number of piperazine rings is 1. The lowest BCUT2D eigenvalue weighted by Gasteiger charge is -2.38. The van der Waals surface area contributed by atoms with Crippen LogP contribution in [0.4, 0.5) is 0 Å². The molecule has 0 saturated carbocycles. The van der Waals surface area contributed by atoms with Gasteiger partial charge in [-0.25, -0.2) is 8.42 Å². The zero-order valence-corrected chi connectivity index (χ0v) is 10.2. The van der Waals surface area contributed by atoms with Crippen LogP contribution in [0.25, 0.3) is 0 Å². The smallest absolute Gasteiger partial charge is 0.236 e. The van der Waals surface area contributed by atoms with Crippen molar-refractivity contribution in [3.8, 4) is 0 Å². The summed E-state index contributed by atoms with van der Waals surface area (Å²) in [5, 5.41) is 12.8. The first-order chi connectivity index (χ1) is 7.91. The molecule has 0 spiro atoms. The number of carbonyl (C=O) groups excluding carboxylic acids is 1. The fourth-order valence-electron chi connectivity index (χ4n) is 2.51. The zero-order chi connectivity index (χ0) is 12.6. The van der Waals surface area contributed by atoms with Crippen molar-refractivity contribution in [3.05, 3.63) is 0 Å². The summed E-state index contributed by atoms with van der Waals surface area (Å²) in [5.74, 6) is -0.820. The summed E-state index contributed by atoms with van der Waals surface area (Å²) in [7, 11) is -3.21. The van der Waals surface area contributed by atoms with Crippen molar-refractivity contribution in [3.63, 3.8) is 0 Å². The second-order valence-electron chi connectivity index (χ2n) is 4.57. The largest absolute Gasteiger partial charge is 0.390 e. The highest BCUT2D eigenvalue weighted by Crippen LogP contribution is 2.21. The van der Waals surface area contributed by atoms with Crippen molar-refractivity contribution in [2.75, 3.05) is 31.1 Å². The quantitative estimate of drug-likeness (QED) is 0.486. The monoisotopic (exact) mass is 263 g/mol. The lowest BCUT2D eigenvalue weighted by Crippen LogP contribution is -2.62. The van der Waals surface area contributed by atoms with Crippen LogP contribution >= 0.6 is 0 Å². The van der Waals surface area contributed by atoms with E-state index < -0.39 is 33.9 Å². The van der Waals surface area contributed by atoms with Gasteiger partial charge in [-0.1, -0.05) is 0 Å². The third-order valence-corrected chi connectivity index (χ3v) is 5.03. The van der Waals surface area contributed by atoms with E-state index in [-0.39, 0.29) is 11.5 Å². The molecule has 3 atom stereocenters. The van der Waals surface area contributed by atoms with Crippen LogP contribution in [0.5, 0.6) is 0 Å². The van der Waals surface area contributed by atoms with Crippen molar-refractivity contribution < 1.29 is 18.3 Å². The number of hydrogen-bond acceptors (Lipinski definition) is 6. The maximum absolute atomic E-state index is 11.5. The Morgan fingerprint density at radius 1 is 1.41 bits per heavy atom. The highest BCUT2D eigenvalue weighted by atomic mass is 32.2. The van der Waals surface area contributed by atoms with Gasteiger partial charge in [0.05, 0.1) is 23.7 Å². The first-order valence-corrected chi connectivity index (χ1v) is 7.37. The van der Waals surface area contributed by atoms with Crippen LogP contribution in [0.15, 0.2) is 0 Å². The summed E-state index contributed by atoms with van der Waals surface area (Å²) >= 11 is 0. The number of amides is 1. The minimum absolute atomic E-state index is 0.0993. The summed E-state index contributed by atoms with van der Waals surface area (Å²) < 4.78 is 22.9. The molecular formula is C9H17N3O4S. The molecule has 2 aliphatic rings. The van der Waals surface area contributed by atoms with E-state index >= 15 is 0 Å². The summed E-state index contributed by atoms with van der Waals surface area (Å²) in [6.07, 6.45) is -0.931. The summed E-state index contributed by atoms with van der Waals surface area (Å²) in [6.45, 7) is 1.58. The van der Waals surface area contributed by atoms with Crippen LogP contribution in [-0.2, 0) is 14.6 Å². The molecule has 98 valence electrons. The van der Waals surface area contributed by atoms with Crippen LogP contribution in [0, 0.1) is 0 Å². The first-order valence-electron chi connectivity index (χ1n) is 5.55. The summed E-state index contributed by atoms with van der Waals surface area (Å²) in [5.41, 5.74) is 5.29. The van der Waals surface area contributed by atoms with Gasteiger partial charge in [-0.05, 0) is 0 Å². The van der Waals surface area contributed by atoms with E-state index in [1.165, 1.54) is 0 Å². The van der Waals surface area contributed by atoms with Crippen molar-refractivity contribution in [1.29, 1.82) is 0 Å². The third-order valence-electron chi connectivity index (χ3n) is 3.33. The second-order valence-corrected chi connectivity index (χ2v) is 6.73. The van der Waals surface area contributed by atoms with Crippen LogP contribution in [-0.4, -0.2) is 73.7 Å². The maximum atomic E-state index is 11.5. The molecule has 2 aliphatic heterocycles. The number of carbonyl (C=O) groups is 1. The highest BCUT2D eigenvalue weighted by Gasteiger charge is 2.43. The molecule has 0 aromatic carbocycles. The van der Waals surface area contributed by atoms with Gasteiger partial charge in [0.1, 0.15) is 6.04 Å². The molecule has 0 aromatic rings. The second kappa shape index (κ2) is 4.52. The average molecular weight is 263 g/mol. The lowest BCUT2D eigenvalue weighted by molar-refractivity contribution is -0.125. The minimum Gasteiger partial charge on any atom is -0.390 e. The normalized spacial score (nSPS) is 38.1. The molecule has 1 amide bonds. The van der Waals surface area contributed by atoms with Gasteiger partial charge in [0.15, 0.2) is 9.84 Å². The number of aliphatic hydroxyl groups excluding tert-OH is 1. The highest BCUT2D eigenvalue weighted by molar-refractivity contribution is 7.91. The van der Waals surface area contributed by atoms with Gasteiger partial charge in [-0.2, -0.15) is 0 Å². The van der Waals surface area contributed by atoms with Gasteiger partial charge in [0.25, 0.3) is 0 Å². The van der Waals surface area contributed by atoms with E-state index in [4.69, 9.17) is 5.73 Å². The van der Waals surface area contributed by atoms with Crippen LogP contribution in [0.3, 0.4) is 0 Å². The Morgan fingerprint density at radius 2 is 2.12 bits per heavy atom. The molecule has 7 nitrogen and oxygen atoms in total. The predicted molar refractivity (Wildman–Crippen MR) is 61.0 cm³/mol. The number of nitrogens with one attached hydrogen (secondary N) is 1. The molecule has 17 heavy (non-hydrogen) atoms. The van der Waals surface area contributed by atoms with E-state index in [1.54, 1.807) is 4.90 Å². The number of hydrogen-bond donors (Lipinski definition) is 3. The van der Waals surface area contributed by atoms with Gasteiger partial charge >= 0.3 is 0 Å². The number of nitrogens with zero attached hydrogens (tertiary/aromatic N) is 1. The molecule has 2 saturated heterocycles. The average Bonchev–Trinajstić information content (AvgIpc) is 2.52.